The van der Waals surface area contributed by atoms with Crippen LogP contribution in [0, 0.1) is 0 Å². The third kappa shape index (κ3) is 1.75. The normalized spacial score (nSPS) is 8.83. The summed E-state index contributed by atoms with van der Waals surface area (Å²) in [5.74, 6) is 0.817. The fourth-order valence-corrected chi connectivity index (χ4v) is 0.825. The van der Waals surface area contributed by atoms with E-state index in [1.54, 1.807) is 12.5 Å². The molecule has 0 fully saturated rings. The predicted octanol–water partition coefficient (Wildman–Crippen LogP) is 2.94. The maximum absolute atomic E-state index is 5.11. The molecule has 0 bridgehead atoms. The minimum absolute atomic E-state index is 0. The van der Waals surface area contributed by atoms with E-state index < -0.39 is 0 Å². The third-order valence-corrected chi connectivity index (χ3v) is 1.29. The molecule has 2 heterocycles. The van der Waals surface area contributed by atoms with E-state index in [1.165, 1.54) is 0 Å². The predicted molar refractivity (Wildman–Crippen MR) is 49.8 cm³/mol. The minimum atomic E-state index is 0. The summed E-state index contributed by atoms with van der Waals surface area (Å²) in [5, 5.41) is 6.59. The zero-order chi connectivity index (χ0) is 8.81. The van der Waals surface area contributed by atoms with E-state index in [0.717, 1.165) is 11.5 Å². The summed E-state index contributed by atoms with van der Waals surface area (Å²) in [7, 11) is 0. The van der Waals surface area contributed by atoms with Crippen molar-refractivity contribution >= 4 is 0 Å². The average molecular weight is 166 g/mol. The van der Waals surface area contributed by atoms with E-state index in [9.17, 15) is 0 Å². The Morgan fingerprint density at radius 3 is 2.75 bits per heavy atom. The van der Waals surface area contributed by atoms with Crippen LogP contribution < -0.4 is 0 Å². The molecule has 0 spiro atoms. The van der Waals surface area contributed by atoms with Crippen LogP contribution in [0.1, 0.15) is 15.3 Å². The van der Waals surface area contributed by atoms with Crippen LogP contribution in [0.3, 0.4) is 0 Å². The lowest BCUT2D eigenvalue weighted by Gasteiger charge is -1.85. The van der Waals surface area contributed by atoms with Crippen LogP contribution in [0.25, 0.3) is 11.5 Å². The van der Waals surface area contributed by atoms with Crippen LogP contribution in [0.2, 0.25) is 0 Å². The van der Waals surface area contributed by atoms with Crippen LogP contribution in [-0.4, -0.2) is 10.2 Å². The molecule has 12 heavy (non-hydrogen) atoms. The summed E-state index contributed by atoms with van der Waals surface area (Å²) in [5.41, 5.74) is 0.907. The zero-order valence-electron chi connectivity index (χ0n) is 7.24. The van der Waals surface area contributed by atoms with Crippen LogP contribution in [0.4, 0.5) is 0 Å². The minimum Gasteiger partial charge on any atom is -0.463 e. The Balaban J connectivity index is 0.000000451. The number of aromatic amines is 1. The van der Waals surface area contributed by atoms with Crippen LogP contribution in [-0.2, 0) is 0 Å². The molecule has 0 radical (unpaired) electrons. The van der Waals surface area contributed by atoms with Gasteiger partial charge in [-0.15, -0.1) is 0 Å². The standard InChI is InChI=1S/C7H6N2O.C2H6.H2/c1-2-7(10-5-1)6-3-4-8-9-6;1-2;/h1-5H,(H,8,9);1-2H3;1H. The largest absolute Gasteiger partial charge is 0.463 e. The molecule has 3 nitrogen and oxygen atoms in total. The number of aromatic nitrogens is 2. The van der Waals surface area contributed by atoms with Crippen molar-refractivity contribution in [3.63, 3.8) is 0 Å². The second-order valence-corrected chi connectivity index (χ2v) is 1.95. The molecular formula is C9H14N2O. The van der Waals surface area contributed by atoms with Gasteiger partial charge in [-0.3, -0.25) is 5.10 Å². The first-order chi connectivity index (χ1) is 5.97. The average Bonchev–Trinajstić information content (AvgIpc) is 2.80. The Kier molecular flexibility index (Phi) is 3.14. The molecule has 2 rings (SSSR count). The maximum atomic E-state index is 5.11. The molecule has 66 valence electrons. The van der Waals surface area contributed by atoms with Crippen molar-refractivity contribution in [2.24, 2.45) is 0 Å². The van der Waals surface area contributed by atoms with Gasteiger partial charge in [-0.25, -0.2) is 0 Å². The van der Waals surface area contributed by atoms with E-state index in [0.29, 0.717) is 0 Å². The number of nitrogens with one attached hydrogen (secondary N) is 1. The lowest BCUT2D eigenvalue weighted by Crippen LogP contribution is -1.70. The van der Waals surface area contributed by atoms with Gasteiger partial charge < -0.3 is 4.42 Å². The molecule has 0 aromatic carbocycles. The summed E-state index contributed by atoms with van der Waals surface area (Å²) in [4.78, 5) is 0. The van der Waals surface area contributed by atoms with Gasteiger partial charge in [0, 0.05) is 7.62 Å². The Hall–Kier alpha value is -1.51. The monoisotopic (exact) mass is 166 g/mol. The van der Waals surface area contributed by atoms with Gasteiger partial charge >= 0.3 is 0 Å². The molecule has 0 saturated heterocycles. The summed E-state index contributed by atoms with van der Waals surface area (Å²) in [6.07, 6.45) is 3.33. The molecular weight excluding hydrogens is 152 g/mol. The fourth-order valence-electron chi connectivity index (χ4n) is 0.825. The summed E-state index contributed by atoms with van der Waals surface area (Å²) in [6, 6.07) is 5.59. The number of hydrogen-bond acceptors (Lipinski definition) is 2. The molecule has 1 N–H and O–H groups in total. The highest BCUT2D eigenvalue weighted by molar-refractivity contribution is 5.50. The quantitative estimate of drug-likeness (QED) is 0.707. The van der Waals surface area contributed by atoms with Crippen molar-refractivity contribution in [1.29, 1.82) is 0 Å². The van der Waals surface area contributed by atoms with E-state index in [1.807, 2.05) is 32.0 Å². The number of rotatable bonds is 1. The fraction of sp³-hybridized carbons (Fsp3) is 0.222. The third-order valence-electron chi connectivity index (χ3n) is 1.29. The molecule has 2 aromatic rings. The molecule has 0 aliphatic rings. The Morgan fingerprint density at radius 2 is 2.25 bits per heavy atom. The number of nitrogens with zero attached hydrogens (tertiary/aromatic N) is 1. The molecule has 0 aliphatic heterocycles. The van der Waals surface area contributed by atoms with Gasteiger partial charge in [-0.05, 0) is 18.2 Å². The Morgan fingerprint density at radius 1 is 1.42 bits per heavy atom. The highest BCUT2D eigenvalue weighted by Crippen LogP contribution is 2.14. The molecule has 0 aliphatic carbocycles. The van der Waals surface area contributed by atoms with Crippen molar-refractivity contribution in [2.45, 2.75) is 13.8 Å². The first kappa shape index (κ1) is 8.59. The van der Waals surface area contributed by atoms with Gasteiger partial charge in [0.15, 0.2) is 5.76 Å². The van der Waals surface area contributed by atoms with Crippen molar-refractivity contribution in [3.8, 4) is 11.5 Å². The molecule has 2 aromatic heterocycles. The molecule has 3 heteroatoms. The van der Waals surface area contributed by atoms with Crippen LogP contribution in [0.15, 0.2) is 35.1 Å². The smallest absolute Gasteiger partial charge is 0.151 e. The number of H-pyrrole nitrogens is 1. The lowest BCUT2D eigenvalue weighted by atomic mass is 10.3. The molecule has 0 saturated carbocycles. The van der Waals surface area contributed by atoms with E-state index in [4.69, 9.17) is 4.42 Å². The SMILES string of the molecule is CC.[HH].c1coc(-c2ccn[nH]2)c1. The molecule has 0 atom stereocenters. The van der Waals surface area contributed by atoms with Gasteiger partial charge in [-0.1, -0.05) is 13.8 Å². The van der Waals surface area contributed by atoms with Crippen molar-refractivity contribution < 1.29 is 5.84 Å². The van der Waals surface area contributed by atoms with Gasteiger partial charge in [0.1, 0.15) is 5.69 Å². The Bertz CT molecular complexity index is 257. The first-order valence-electron chi connectivity index (χ1n) is 4.00. The van der Waals surface area contributed by atoms with E-state index in [2.05, 4.69) is 10.2 Å². The van der Waals surface area contributed by atoms with E-state index in [-0.39, 0.29) is 1.43 Å². The highest BCUT2D eigenvalue weighted by atomic mass is 16.3. The van der Waals surface area contributed by atoms with Crippen LogP contribution in [0.5, 0.6) is 0 Å². The second kappa shape index (κ2) is 4.38. The molecule has 0 unspecified atom stereocenters. The summed E-state index contributed by atoms with van der Waals surface area (Å²) in [6.45, 7) is 4.00. The second-order valence-electron chi connectivity index (χ2n) is 1.95. The van der Waals surface area contributed by atoms with E-state index >= 15 is 0 Å². The van der Waals surface area contributed by atoms with Gasteiger partial charge in [-0.2, -0.15) is 5.10 Å². The zero-order valence-corrected chi connectivity index (χ0v) is 7.24. The summed E-state index contributed by atoms with van der Waals surface area (Å²) < 4.78 is 5.11. The topological polar surface area (TPSA) is 41.8 Å². The number of furan rings is 1. The molecule has 0 amide bonds. The lowest BCUT2D eigenvalue weighted by molar-refractivity contribution is 0.580. The van der Waals surface area contributed by atoms with Crippen molar-refractivity contribution in [1.82, 2.24) is 10.2 Å². The summed E-state index contributed by atoms with van der Waals surface area (Å²) >= 11 is 0. The van der Waals surface area contributed by atoms with Crippen LogP contribution >= 0.6 is 0 Å². The van der Waals surface area contributed by atoms with Gasteiger partial charge in [0.2, 0.25) is 0 Å². The van der Waals surface area contributed by atoms with Gasteiger partial charge in [0.05, 0.1) is 6.26 Å². The number of hydrogen-bond donors (Lipinski definition) is 1. The van der Waals surface area contributed by atoms with Gasteiger partial charge in [0.25, 0.3) is 0 Å². The van der Waals surface area contributed by atoms with Crippen molar-refractivity contribution in [3.05, 3.63) is 30.7 Å². The first-order valence-corrected chi connectivity index (χ1v) is 4.00. The Labute approximate surface area is 72.9 Å². The maximum Gasteiger partial charge on any atom is 0.151 e. The highest BCUT2D eigenvalue weighted by Gasteiger charge is 1.98. The van der Waals surface area contributed by atoms with Crippen molar-refractivity contribution in [2.75, 3.05) is 0 Å².